The fourth-order valence-corrected chi connectivity index (χ4v) is 1.55. The molecule has 0 spiro atoms. The van der Waals surface area contributed by atoms with E-state index in [9.17, 15) is 0 Å². The SMILES string of the molecule is C=C1C=CC=NC1CCCCCC. The third-order valence-electron chi connectivity index (χ3n) is 2.42. The molecule has 0 saturated carbocycles. The van der Waals surface area contributed by atoms with Gasteiger partial charge in [-0.05, 0) is 18.1 Å². The minimum absolute atomic E-state index is 0.363. The van der Waals surface area contributed by atoms with E-state index in [1.807, 2.05) is 12.3 Å². The van der Waals surface area contributed by atoms with Gasteiger partial charge < -0.3 is 0 Å². The fraction of sp³-hybridized carbons (Fsp3) is 0.583. The lowest BCUT2D eigenvalue weighted by Crippen LogP contribution is -2.08. The van der Waals surface area contributed by atoms with Gasteiger partial charge in [-0.25, -0.2) is 0 Å². The van der Waals surface area contributed by atoms with Crippen molar-refractivity contribution >= 4 is 6.21 Å². The van der Waals surface area contributed by atoms with Crippen molar-refractivity contribution < 1.29 is 0 Å². The zero-order chi connectivity index (χ0) is 9.52. The lowest BCUT2D eigenvalue weighted by Gasteiger charge is -2.14. The summed E-state index contributed by atoms with van der Waals surface area (Å²) < 4.78 is 0. The Kier molecular flexibility index (Phi) is 4.52. The molecule has 0 aliphatic carbocycles. The minimum Gasteiger partial charge on any atom is -0.285 e. The Labute approximate surface area is 81.3 Å². The highest BCUT2D eigenvalue weighted by Crippen LogP contribution is 2.17. The Morgan fingerprint density at radius 2 is 2.23 bits per heavy atom. The predicted molar refractivity (Wildman–Crippen MR) is 59.3 cm³/mol. The number of dihydropyridines is 1. The van der Waals surface area contributed by atoms with Crippen molar-refractivity contribution in [3.63, 3.8) is 0 Å². The molecule has 0 amide bonds. The summed E-state index contributed by atoms with van der Waals surface area (Å²) in [4.78, 5) is 4.40. The van der Waals surface area contributed by atoms with Crippen LogP contribution in [-0.2, 0) is 0 Å². The van der Waals surface area contributed by atoms with E-state index in [0.717, 1.165) is 0 Å². The number of nitrogens with zero attached hydrogens (tertiary/aromatic N) is 1. The van der Waals surface area contributed by atoms with Crippen LogP contribution in [0.4, 0.5) is 0 Å². The van der Waals surface area contributed by atoms with Gasteiger partial charge in [-0.15, -0.1) is 0 Å². The molecule has 0 N–H and O–H groups in total. The Morgan fingerprint density at radius 1 is 1.38 bits per heavy atom. The molecule has 0 bridgehead atoms. The summed E-state index contributed by atoms with van der Waals surface area (Å²) in [7, 11) is 0. The van der Waals surface area contributed by atoms with Crippen LogP contribution < -0.4 is 0 Å². The smallest absolute Gasteiger partial charge is 0.0743 e. The van der Waals surface area contributed by atoms with Crippen LogP contribution in [0.25, 0.3) is 0 Å². The molecule has 0 aromatic heterocycles. The van der Waals surface area contributed by atoms with Crippen molar-refractivity contribution in [2.45, 2.75) is 45.1 Å². The van der Waals surface area contributed by atoms with Gasteiger partial charge in [0.05, 0.1) is 6.04 Å². The summed E-state index contributed by atoms with van der Waals surface area (Å²) in [5.74, 6) is 0. The van der Waals surface area contributed by atoms with Crippen LogP contribution >= 0.6 is 0 Å². The molecule has 0 aromatic rings. The molecule has 0 saturated heterocycles. The van der Waals surface area contributed by atoms with E-state index < -0.39 is 0 Å². The van der Waals surface area contributed by atoms with Crippen molar-refractivity contribution in [2.24, 2.45) is 4.99 Å². The lowest BCUT2D eigenvalue weighted by atomic mass is 10.00. The number of hydrogen-bond donors (Lipinski definition) is 0. The first-order chi connectivity index (χ1) is 6.34. The standard InChI is InChI=1S/C12H19N/c1-3-4-5-6-9-12-11(2)8-7-10-13-12/h7-8,10,12H,2-6,9H2,1H3. The first-order valence-corrected chi connectivity index (χ1v) is 5.23. The van der Waals surface area contributed by atoms with Gasteiger partial charge in [-0.1, -0.05) is 45.3 Å². The van der Waals surface area contributed by atoms with Crippen molar-refractivity contribution in [1.29, 1.82) is 0 Å². The van der Waals surface area contributed by atoms with Gasteiger partial charge in [0.15, 0.2) is 0 Å². The van der Waals surface area contributed by atoms with Gasteiger partial charge in [-0.3, -0.25) is 4.99 Å². The summed E-state index contributed by atoms with van der Waals surface area (Å²) >= 11 is 0. The van der Waals surface area contributed by atoms with Gasteiger partial charge in [-0.2, -0.15) is 0 Å². The third-order valence-corrected chi connectivity index (χ3v) is 2.42. The summed E-state index contributed by atoms with van der Waals surface area (Å²) in [5, 5.41) is 0. The maximum absolute atomic E-state index is 4.40. The summed E-state index contributed by atoms with van der Waals surface area (Å²) in [6.07, 6.45) is 12.3. The van der Waals surface area contributed by atoms with Crippen molar-refractivity contribution in [3.05, 3.63) is 24.3 Å². The average molecular weight is 177 g/mol. The van der Waals surface area contributed by atoms with Crippen LogP contribution in [0.3, 0.4) is 0 Å². The van der Waals surface area contributed by atoms with Crippen LogP contribution in [0.1, 0.15) is 39.0 Å². The lowest BCUT2D eigenvalue weighted by molar-refractivity contribution is 0.593. The monoisotopic (exact) mass is 177 g/mol. The first-order valence-electron chi connectivity index (χ1n) is 5.23. The van der Waals surface area contributed by atoms with Crippen LogP contribution in [0.15, 0.2) is 29.3 Å². The third kappa shape index (κ3) is 3.58. The van der Waals surface area contributed by atoms with Gasteiger partial charge in [0.1, 0.15) is 0 Å². The molecule has 1 nitrogen and oxygen atoms in total. The molecular weight excluding hydrogens is 158 g/mol. The molecular formula is C12H19N. The highest BCUT2D eigenvalue weighted by molar-refractivity contribution is 5.74. The molecule has 1 aliphatic heterocycles. The second-order valence-corrected chi connectivity index (χ2v) is 3.60. The van der Waals surface area contributed by atoms with Crippen molar-refractivity contribution in [2.75, 3.05) is 0 Å². The number of unbranched alkanes of at least 4 members (excludes halogenated alkanes) is 3. The van der Waals surface area contributed by atoms with Crippen molar-refractivity contribution in [1.82, 2.24) is 0 Å². The number of hydrogen-bond acceptors (Lipinski definition) is 1. The molecule has 1 heterocycles. The molecule has 72 valence electrons. The molecule has 0 fully saturated rings. The first kappa shape index (κ1) is 10.2. The summed E-state index contributed by atoms with van der Waals surface area (Å²) in [6.45, 7) is 6.23. The van der Waals surface area contributed by atoms with E-state index in [-0.39, 0.29) is 0 Å². The molecule has 1 atom stereocenters. The van der Waals surface area contributed by atoms with E-state index in [1.165, 1.54) is 37.7 Å². The van der Waals surface area contributed by atoms with E-state index in [1.54, 1.807) is 0 Å². The molecule has 13 heavy (non-hydrogen) atoms. The predicted octanol–water partition coefficient (Wildman–Crippen LogP) is 3.52. The van der Waals surface area contributed by atoms with Crippen LogP contribution in [0.2, 0.25) is 0 Å². The quantitative estimate of drug-likeness (QED) is 0.570. The van der Waals surface area contributed by atoms with E-state index in [4.69, 9.17) is 0 Å². The van der Waals surface area contributed by atoms with Gasteiger partial charge in [0, 0.05) is 6.21 Å². The van der Waals surface area contributed by atoms with Crippen molar-refractivity contribution in [3.8, 4) is 0 Å². The highest BCUT2D eigenvalue weighted by atomic mass is 14.8. The Bertz CT molecular complexity index is 213. The number of aliphatic imine (C=N–C) groups is 1. The summed E-state index contributed by atoms with van der Waals surface area (Å²) in [6, 6.07) is 0.363. The largest absolute Gasteiger partial charge is 0.285 e. The van der Waals surface area contributed by atoms with Crippen LogP contribution in [-0.4, -0.2) is 12.3 Å². The van der Waals surface area contributed by atoms with Gasteiger partial charge in [0.2, 0.25) is 0 Å². The van der Waals surface area contributed by atoms with Gasteiger partial charge in [0.25, 0.3) is 0 Å². The van der Waals surface area contributed by atoms with Crippen LogP contribution in [0.5, 0.6) is 0 Å². The maximum Gasteiger partial charge on any atom is 0.0743 e. The molecule has 1 aliphatic rings. The number of rotatable bonds is 5. The highest BCUT2D eigenvalue weighted by Gasteiger charge is 2.09. The molecule has 1 rings (SSSR count). The second kappa shape index (κ2) is 5.74. The normalized spacial score (nSPS) is 21.0. The molecule has 1 heteroatoms. The Morgan fingerprint density at radius 3 is 2.92 bits per heavy atom. The number of allylic oxidation sites excluding steroid dienone is 1. The topological polar surface area (TPSA) is 12.4 Å². The summed E-state index contributed by atoms with van der Waals surface area (Å²) in [5.41, 5.74) is 1.17. The second-order valence-electron chi connectivity index (χ2n) is 3.60. The average Bonchev–Trinajstić information content (AvgIpc) is 2.15. The maximum atomic E-state index is 4.40. The Balaban J connectivity index is 2.18. The van der Waals surface area contributed by atoms with E-state index in [2.05, 4.69) is 24.6 Å². The van der Waals surface area contributed by atoms with E-state index in [0.29, 0.717) is 6.04 Å². The Hall–Kier alpha value is -0.850. The molecule has 0 aromatic carbocycles. The zero-order valence-electron chi connectivity index (χ0n) is 8.50. The van der Waals surface area contributed by atoms with Gasteiger partial charge >= 0.3 is 0 Å². The van der Waals surface area contributed by atoms with Crippen LogP contribution in [0, 0.1) is 0 Å². The molecule has 1 unspecified atom stereocenters. The zero-order valence-corrected chi connectivity index (χ0v) is 8.50. The fourth-order valence-electron chi connectivity index (χ4n) is 1.55. The van der Waals surface area contributed by atoms with E-state index >= 15 is 0 Å². The molecule has 0 radical (unpaired) electrons. The minimum atomic E-state index is 0.363.